The van der Waals surface area contributed by atoms with Gasteiger partial charge in [0.05, 0.1) is 0 Å². The summed E-state index contributed by atoms with van der Waals surface area (Å²) < 4.78 is 0. The normalized spacial score (nSPS) is 9.00. The third-order valence-electron chi connectivity index (χ3n) is 1.43. The maximum atomic E-state index is 3.25. The molecule has 0 saturated carbocycles. The third-order valence-corrected chi connectivity index (χ3v) is 1.43. The molecule has 0 heterocycles. The predicted molar refractivity (Wildman–Crippen MR) is 51.7 cm³/mol. The smallest absolute Gasteiger partial charge is 0.480 e. The van der Waals surface area contributed by atoms with E-state index in [1.165, 1.54) is 12.8 Å². The molecule has 1 nitrogen and oxygen atoms in total. The van der Waals surface area contributed by atoms with Gasteiger partial charge in [0, 0.05) is 39.3 Å². The minimum atomic E-state index is 0. The number of hydrogen-bond acceptors (Lipinski definition) is 1. The molecule has 0 spiro atoms. The Hall–Kier alpha value is 1.75. The van der Waals surface area contributed by atoms with Gasteiger partial charge in [-0.15, -0.1) is 0 Å². The van der Waals surface area contributed by atoms with E-state index in [0.717, 1.165) is 12.2 Å². The van der Waals surface area contributed by atoms with Crippen LogP contribution in [0.15, 0.2) is 5.70 Å². The molecule has 71 valence electrons. The molecule has 0 saturated heterocycles. The van der Waals surface area contributed by atoms with Crippen molar-refractivity contribution in [1.82, 2.24) is 5.32 Å². The molecule has 0 aliphatic rings. The van der Waals surface area contributed by atoms with Crippen molar-refractivity contribution in [3.05, 3.63) is 25.6 Å². The van der Waals surface area contributed by atoms with Crippen LogP contribution in [0, 0.1) is 19.9 Å². The topological polar surface area (TPSA) is 12.0 Å². The molecular weight excluding hydrogens is 312 g/mol. The van der Waals surface area contributed by atoms with Gasteiger partial charge in [0.15, 0.2) is 0 Å². The fraction of sp³-hybridized carbons (Fsp3) is 0.600. The summed E-state index contributed by atoms with van der Waals surface area (Å²) in [6.45, 7) is 7.12. The summed E-state index contributed by atoms with van der Waals surface area (Å²) in [4.78, 5) is 0. The first-order valence-corrected chi connectivity index (χ1v) is 3.84. The Kier molecular flexibility index (Phi) is 35.9. The van der Waals surface area contributed by atoms with Gasteiger partial charge in [0.25, 0.3) is 0 Å². The van der Waals surface area contributed by atoms with Gasteiger partial charge in [-0.25, -0.2) is 0 Å². The van der Waals surface area contributed by atoms with E-state index in [9.17, 15) is 0 Å². The molecule has 1 radical (unpaired) electrons. The van der Waals surface area contributed by atoms with E-state index < -0.39 is 0 Å². The Morgan fingerprint density at radius 1 is 1.46 bits per heavy atom. The Morgan fingerprint density at radius 2 is 2.00 bits per heavy atom. The van der Waals surface area contributed by atoms with E-state index in [1.54, 1.807) is 0 Å². The number of rotatable bonds is 5. The minimum Gasteiger partial charge on any atom is -0.480 e. The Balaban J connectivity index is -0.000000135. The molecule has 1 N–H and O–H groups in total. The number of unbranched alkanes of at least 4 members (excludes halogenated alkanes) is 2. The van der Waals surface area contributed by atoms with Crippen LogP contribution < -0.4 is 5.32 Å². The molecular formula is C10H20NY2. The van der Waals surface area contributed by atoms with Crippen LogP contribution in [0.3, 0.4) is 0 Å². The summed E-state index contributed by atoms with van der Waals surface area (Å²) in [5, 5.41) is 3.25. The van der Waals surface area contributed by atoms with Crippen molar-refractivity contribution in [2.75, 3.05) is 6.54 Å². The Bertz CT molecular complexity index is 103. The van der Waals surface area contributed by atoms with Crippen molar-refractivity contribution < 1.29 is 65.4 Å². The summed E-state index contributed by atoms with van der Waals surface area (Å²) in [7, 11) is 0. The number of hydrogen-bond donors (Lipinski definition) is 1. The summed E-state index contributed by atoms with van der Waals surface area (Å²) >= 11 is 0. The molecule has 0 aromatic heterocycles. The van der Waals surface area contributed by atoms with Crippen LogP contribution in [0.25, 0.3) is 0 Å². The van der Waals surface area contributed by atoms with E-state index in [2.05, 4.69) is 24.7 Å². The van der Waals surface area contributed by atoms with E-state index in [4.69, 9.17) is 0 Å². The van der Waals surface area contributed by atoms with Crippen molar-refractivity contribution >= 4 is 0 Å². The average molecular weight is 332 g/mol. The van der Waals surface area contributed by atoms with Gasteiger partial charge in [-0.3, -0.25) is 0 Å². The standard InChI is InChI=1S/C9H17N.CH3.2Y/c1-4-6-7-8-10-9(3)5-2;;;/h4,10H,6-8H2,1-3H3;1H3;;/q-2;-1;;+3. The first-order valence-electron chi connectivity index (χ1n) is 3.84. The first kappa shape index (κ1) is 24.1. The van der Waals surface area contributed by atoms with E-state index in [0.29, 0.717) is 0 Å². The second-order valence-electron chi connectivity index (χ2n) is 2.35. The van der Waals surface area contributed by atoms with Crippen LogP contribution in [-0.4, -0.2) is 6.54 Å². The van der Waals surface area contributed by atoms with Crippen LogP contribution in [0.2, 0.25) is 0 Å². The number of nitrogens with one attached hydrogen (secondary N) is 1. The van der Waals surface area contributed by atoms with Crippen LogP contribution in [0.5, 0.6) is 0 Å². The molecule has 0 aromatic carbocycles. The number of allylic oxidation sites excluding steroid dienone is 2. The third kappa shape index (κ3) is 20.0. The van der Waals surface area contributed by atoms with Crippen LogP contribution >= 0.6 is 0 Å². The van der Waals surface area contributed by atoms with Gasteiger partial charge >= 0.3 is 32.7 Å². The monoisotopic (exact) mass is 332 g/mol. The molecule has 0 amide bonds. The average Bonchev–Trinajstić information content (AvgIpc) is 1.98. The predicted octanol–water partition coefficient (Wildman–Crippen LogP) is 2.75. The van der Waals surface area contributed by atoms with Gasteiger partial charge in [0.1, 0.15) is 0 Å². The van der Waals surface area contributed by atoms with Crippen LogP contribution in [0.1, 0.15) is 33.6 Å². The largest absolute Gasteiger partial charge is 3.00 e. The maximum absolute atomic E-state index is 3.25. The maximum Gasteiger partial charge on any atom is 3.00 e. The molecule has 0 unspecified atom stereocenters. The van der Waals surface area contributed by atoms with Gasteiger partial charge in [-0.2, -0.15) is 26.0 Å². The van der Waals surface area contributed by atoms with E-state index in [-0.39, 0.29) is 72.8 Å². The molecule has 0 aliphatic heterocycles. The fourth-order valence-electron chi connectivity index (χ4n) is 0.670. The van der Waals surface area contributed by atoms with Gasteiger partial charge in [-0.1, -0.05) is 13.3 Å². The van der Waals surface area contributed by atoms with Gasteiger partial charge in [0.2, 0.25) is 0 Å². The summed E-state index contributed by atoms with van der Waals surface area (Å²) in [6, 6.07) is 0. The van der Waals surface area contributed by atoms with Crippen LogP contribution in [0.4, 0.5) is 0 Å². The van der Waals surface area contributed by atoms with Gasteiger partial charge in [-0.05, 0) is 0 Å². The fourth-order valence-corrected chi connectivity index (χ4v) is 0.670. The van der Waals surface area contributed by atoms with Crippen molar-refractivity contribution in [1.29, 1.82) is 0 Å². The van der Waals surface area contributed by atoms with Crippen molar-refractivity contribution in [3.8, 4) is 0 Å². The Labute approximate surface area is 135 Å². The first-order chi connectivity index (χ1) is 4.81. The summed E-state index contributed by atoms with van der Waals surface area (Å²) in [6.07, 6.45) is 7.64. The Morgan fingerprint density at radius 3 is 2.38 bits per heavy atom. The molecule has 0 aliphatic carbocycles. The van der Waals surface area contributed by atoms with E-state index in [1.807, 2.05) is 13.8 Å². The second kappa shape index (κ2) is 19.3. The second-order valence-corrected chi connectivity index (χ2v) is 2.35. The quantitative estimate of drug-likeness (QED) is 0.603. The molecule has 0 bridgehead atoms. The molecule has 0 atom stereocenters. The molecule has 0 aromatic rings. The SMILES string of the molecule is C[C-]=C(C)NCCC[CH-]C.[CH3-].[Y+3].[Y]. The van der Waals surface area contributed by atoms with Crippen molar-refractivity contribution in [3.63, 3.8) is 0 Å². The zero-order valence-corrected chi connectivity index (χ0v) is 15.0. The molecule has 13 heavy (non-hydrogen) atoms. The molecule has 0 rings (SSSR count). The summed E-state index contributed by atoms with van der Waals surface area (Å²) in [5.41, 5.74) is 1.15. The van der Waals surface area contributed by atoms with E-state index >= 15 is 0 Å². The minimum absolute atomic E-state index is 0. The van der Waals surface area contributed by atoms with Gasteiger partial charge < -0.3 is 25.2 Å². The van der Waals surface area contributed by atoms with Crippen molar-refractivity contribution in [2.45, 2.75) is 33.6 Å². The zero-order valence-electron chi connectivity index (χ0n) is 9.35. The summed E-state index contributed by atoms with van der Waals surface area (Å²) in [5.74, 6) is 0. The van der Waals surface area contributed by atoms with Crippen molar-refractivity contribution in [2.24, 2.45) is 0 Å². The molecule has 3 heteroatoms. The zero-order chi connectivity index (χ0) is 7.82. The van der Waals surface area contributed by atoms with Crippen LogP contribution in [-0.2, 0) is 65.4 Å². The molecule has 0 fully saturated rings.